The molecule has 74 valence electrons. The van der Waals surface area contributed by atoms with Gasteiger partial charge in [0.2, 0.25) is 0 Å². The molecule has 1 aromatic heterocycles. The predicted octanol–water partition coefficient (Wildman–Crippen LogP) is 2.89. The molecule has 0 aromatic carbocycles. The number of carbonyl (C=O) groups excluding carboxylic acids is 1. The molecule has 2 aliphatic rings. The molecule has 0 N–H and O–H groups in total. The maximum Gasteiger partial charge on any atom is 0.255 e. The van der Waals surface area contributed by atoms with Gasteiger partial charge in [0.15, 0.2) is 0 Å². The first-order valence-electron chi connectivity index (χ1n) is 4.65. The van der Waals surface area contributed by atoms with Crippen LogP contribution >= 0.6 is 27.3 Å². The van der Waals surface area contributed by atoms with Crippen molar-refractivity contribution in [3.05, 3.63) is 19.8 Å². The van der Waals surface area contributed by atoms with Gasteiger partial charge < -0.3 is 4.90 Å². The Bertz CT molecular complexity index is 447. The number of carbonyl (C=O) groups is 1. The number of halogens is 1. The Morgan fingerprint density at radius 3 is 2.71 bits per heavy atom. The number of nitrogens with zero attached hydrogens (tertiary/aromatic N) is 1. The zero-order valence-corrected chi connectivity index (χ0v) is 10.5. The zero-order valence-electron chi connectivity index (χ0n) is 8.06. The summed E-state index contributed by atoms with van der Waals surface area (Å²) in [5.74, 6) is 0.206. The molecule has 0 saturated heterocycles. The molecule has 1 aliphatic carbocycles. The number of hydrogen-bond donors (Lipinski definition) is 0. The molecular formula is C10H10BrNOS. The van der Waals surface area contributed by atoms with Crippen LogP contribution in [0.1, 0.15) is 33.6 Å². The molecule has 0 atom stereocenters. The van der Waals surface area contributed by atoms with E-state index in [4.69, 9.17) is 0 Å². The highest BCUT2D eigenvalue weighted by atomic mass is 79.9. The van der Waals surface area contributed by atoms with E-state index in [0.717, 1.165) is 27.8 Å². The van der Waals surface area contributed by atoms with Crippen molar-refractivity contribution < 1.29 is 4.79 Å². The summed E-state index contributed by atoms with van der Waals surface area (Å²) in [4.78, 5) is 15.2. The maximum atomic E-state index is 12.0. The van der Waals surface area contributed by atoms with Crippen molar-refractivity contribution in [2.75, 3.05) is 7.05 Å². The van der Waals surface area contributed by atoms with Crippen molar-refractivity contribution in [3.8, 4) is 0 Å². The molecule has 3 rings (SSSR count). The van der Waals surface area contributed by atoms with Crippen molar-refractivity contribution in [3.63, 3.8) is 0 Å². The van der Waals surface area contributed by atoms with Gasteiger partial charge in [-0.2, -0.15) is 0 Å². The molecule has 0 radical (unpaired) electrons. The van der Waals surface area contributed by atoms with E-state index in [0.29, 0.717) is 0 Å². The van der Waals surface area contributed by atoms with E-state index < -0.39 is 0 Å². The topological polar surface area (TPSA) is 20.3 Å². The summed E-state index contributed by atoms with van der Waals surface area (Å²) in [5, 5.41) is 0. The van der Waals surface area contributed by atoms with Gasteiger partial charge in [0, 0.05) is 11.9 Å². The standard InChI is InChI=1S/C10H10BrNOS/c1-5-6-7(14-8(5)11)10(3-4-10)12(2)9(6)13/h3-4H2,1-2H3. The Balaban J connectivity index is 2.30. The second-order valence-corrected chi connectivity index (χ2v) is 6.44. The molecule has 1 amide bonds. The van der Waals surface area contributed by atoms with E-state index in [1.807, 2.05) is 18.9 Å². The van der Waals surface area contributed by atoms with E-state index in [2.05, 4.69) is 15.9 Å². The van der Waals surface area contributed by atoms with Crippen LogP contribution in [0.2, 0.25) is 0 Å². The summed E-state index contributed by atoms with van der Waals surface area (Å²) < 4.78 is 1.12. The van der Waals surface area contributed by atoms with Crippen LogP contribution < -0.4 is 0 Å². The van der Waals surface area contributed by atoms with Crippen LogP contribution in [-0.2, 0) is 5.54 Å². The third kappa shape index (κ3) is 0.800. The molecule has 4 heteroatoms. The average Bonchev–Trinajstić information content (AvgIpc) is 2.86. The number of rotatable bonds is 0. The molecule has 1 aromatic rings. The van der Waals surface area contributed by atoms with E-state index >= 15 is 0 Å². The summed E-state index contributed by atoms with van der Waals surface area (Å²) in [5.41, 5.74) is 2.17. The van der Waals surface area contributed by atoms with Crippen LogP contribution in [0.3, 0.4) is 0 Å². The first kappa shape index (κ1) is 8.92. The van der Waals surface area contributed by atoms with Gasteiger partial charge in [-0.1, -0.05) is 0 Å². The molecule has 14 heavy (non-hydrogen) atoms. The summed E-state index contributed by atoms with van der Waals surface area (Å²) in [7, 11) is 1.93. The van der Waals surface area contributed by atoms with Gasteiger partial charge in [0.05, 0.1) is 14.9 Å². The lowest BCUT2D eigenvalue weighted by Gasteiger charge is -2.18. The fourth-order valence-electron chi connectivity index (χ4n) is 2.27. The Morgan fingerprint density at radius 2 is 2.14 bits per heavy atom. The molecule has 1 aliphatic heterocycles. The van der Waals surface area contributed by atoms with Crippen LogP contribution in [0.15, 0.2) is 3.79 Å². The summed E-state index contributed by atoms with van der Waals surface area (Å²) in [6.07, 6.45) is 2.27. The number of hydrogen-bond acceptors (Lipinski definition) is 2. The van der Waals surface area contributed by atoms with Gasteiger partial charge in [-0.3, -0.25) is 4.79 Å². The summed E-state index contributed by atoms with van der Waals surface area (Å²) in [6, 6.07) is 0. The second kappa shape index (κ2) is 2.42. The van der Waals surface area contributed by atoms with Crippen LogP contribution in [0.4, 0.5) is 0 Å². The van der Waals surface area contributed by atoms with Gasteiger partial charge >= 0.3 is 0 Å². The Labute approximate surface area is 95.0 Å². The lowest BCUT2D eigenvalue weighted by Crippen LogP contribution is -2.28. The number of thiophene rings is 1. The molecule has 0 unspecified atom stereocenters. The average molecular weight is 272 g/mol. The fourth-order valence-corrected chi connectivity index (χ4v) is 4.26. The third-order valence-electron chi connectivity index (χ3n) is 3.40. The lowest BCUT2D eigenvalue weighted by atomic mass is 10.1. The van der Waals surface area contributed by atoms with Crippen LogP contribution in [0.25, 0.3) is 0 Å². The van der Waals surface area contributed by atoms with Gasteiger partial charge in [0.1, 0.15) is 0 Å². The molecule has 1 spiro atoms. The van der Waals surface area contributed by atoms with Gasteiger partial charge in [0.25, 0.3) is 5.91 Å². The normalized spacial score (nSPS) is 21.9. The molecule has 0 bridgehead atoms. The molecular weight excluding hydrogens is 262 g/mol. The fraction of sp³-hybridized carbons (Fsp3) is 0.500. The van der Waals surface area contributed by atoms with E-state index in [9.17, 15) is 4.79 Å². The predicted molar refractivity (Wildman–Crippen MR) is 59.8 cm³/mol. The molecule has 2 nitrogen and oxygen atoms in total. The van der Waals surface area contributed by atoms with Crippen molar-refractivity contribution in [1.82, 2.24) is 4.90 Å². The van der Waals surface area contributed by atoms with E-state index in [-0.39, 0.29) is 11.4 Å². The molecule has 1 saturated carbocycles. The van der Waals surface area contributed by atoms with Crippen molar-refractivity contribution in [1.29, 1.82) is 0 Å². The SMILES string of the molecule is Cc1c(Br)sc2c1C(=O)N(C)C21CC1. The summed E-state index contributed by atoms with van der Waals surface area (Å²) in [6.45, 7) is 2.02. The van der Waals surface area contributed by atoms with Gasteiger partial charge in [-0.25, -0.2) is 0 Å². The number of amides is 1. The largest absolute Gasteiger partial charge is 0.331 e. The minimum atomic E-state index is 0.0911. The Kier molecular flexibility index (Phi) is 1.54. The minimum Gasteiger partial charge on any atom is -0.331 e. The Hall–Kier alpha value is -0.350. The second-order valence-electron chi connectivity index (χ2n) is 4.10. The van der Waals surface area contributed by atoms with Gasteiger partial charge in [-0.05, 0) is 41.3 Å². The van der Waals surface area contributed by atoms with Crippen LogP contribution in [0, 0.1) is 6.92 Å². The van der Waals surface area contributed by atoms with Crippen molar-refractivity contribution >= 4 is 33.2 Å². The smallest absolute Gasteiger partial charge is 0.255 e. The highest BCUT2D eigenvalue weighted by Crippen LogP contribution is 2.59. The van der Waals surface area contributed by atoms with Gasteiger partial charge in [-0.15, -0.1) is 11.3 Å². The monoisotopic (exact) mass is 271 g/mol. The lowest BCUT2D eigenvalue weighted by molar-refractivity contribution is 0.0755. The minimum absolute atomic E-state index is 0.0911. The highest BCUT2D eigenvalue weighted by Gasteiger charge is 2.58. The van der Waals surface area contributed by atoms with Crippen molar-refractivity contribution in [2.45, 2.75) is 25.3 Å². The molecule has 2 heterocycles. The van der Waals surface area contributed by atoms with Crippen LogP contribution in [-0.4, -0.2) is 17.9 Å². The summed E-state index contributed by atoms with van der Waals surface area (Å²) >= 11 is 5.25. The molecule has 1 fully saturated rings. The quantitative estimate of drug-likeness (QED) is 0.711. The first-order valence-corrected chi connectivity index (χ1v) is 6.26. The maximum absolute atomic E-state index is 12.0. The van der Waals surface area contributed by atoms with Crippen LogP contribution in [0.5, 0.6) is 0 Å². The van der Waals surface area contributed by atoms with E-state index in [1.165, 1.54) is 4.88 Å². The highest BCUT2D eigenvalue weighted by molar-refractivity contribution is 9.11. The third-order valence-corrected chi connectivity index (χ3v) is 5.75. The van der Waals surface area contributed by atoms with E-state index in [1.54, 1.807) is 11.3 Å². The number of fused-ring (bicyclic) bond motifs is 2. The Morgan fingerprint density at radius 1 is 1.50 bits per heavy atom. The van der Waals surface area contributed by atoms with Crippen molar-refractivity contribution in [2.24, 2.45) is 0 Å². The zero-order chi connectivity index (χ0) is 10.1. The first-order chi connectivity index (χ1) is 6.58.